The normalized spacial score (nSPS) is 11.5. The summed E-state index contributed by atoms with van der Waals surface area (Å²) < 4.78 is 0. The minimum absolute atomic E-state index is 0.810. The fourth-order valence-corrected chi connectivity index (χ4v) is 3.29. The van der Waals surface area contributed by atoms with Gasteiger partial charge in [-0.1, -0.05) is 12.1 Å². The van der Waals surface area contributed by atoms with Gasteiger partial charge >= 0.3 is 5.97 Å². The van der Waals surface area contributed by atoms with Gasteiger partial charge in [-0.15, -0.1) is 22.7 Å². The number of hydrogen-bond acceptors (Lipinski definition) is 3. The van der Waals surface area contributed by atoms with Gasteiger partial charge < -0.3 is 0 Å². The monoisotopic (exact) mass is 237 g/mol. The van der Waals surface area contributed by atoms with Gasteiger partial charge in [0, 0.05) is 9.75 Å². The Morgan fingerprint density at radius 1 is 1.13 bits per heavy atom. The molecule has 0 saturated heterocycles. The van der Waals surface area contributed by atoms with Gasteiger partial charge in [0.05, 0.1) is 0 Å². The molecule has 2 nitrogen and oxygen atoms in total. The molecule has 0 fully saturated rings. The summed E-state index contributed by atoms with van der Waals surface area (Å²) in [5.74, 6) is -1.05. The summed E-state index contributed by atoms with van der Waals surface area (Å²) >= 11 is 2.88. The van der Waals surface area contributed by atoms with Crippen LogP contribution in [0.3, 0.4) is 0 Å². The molecular weight excluding hydrogens is 228 g/mol. The highest BCUT2D eigenvalue weighted by Gasteiger charge is 2.40. The summed E-state index contributed by atoms with van der Waals surface area (Å²) in [6, 6.07) is 7.38. The zero-order valence-corrected chi connectivity index (χ0v) is 9.73. The molecule has 2 aromatic heterocycles. The van der Waals surface area contributed by atoms with Crippen LogP contribution in [0.1, 0.15) is 16.7 Å². The molecule has 0 aromatic carbocycles. The number of carbonyl (C=O) groups excluding carboxylic acids is 1. The molecule has 2 aromatic rings. The third-order valence-electron chi connectivity index (χ3n) is 2.44. The van der Waals surface area contributed by atoms with E-state index in [1.165, 1.54) is 22.7 Å². The molecule has 0 atom stereocenters. The van der Waals surface area contributed by atoms with Crippen molar-refractivity contribution in [1.82, 2.24) is 0 Å². The Kier molecular flexibility index (Phi) is 2.63. The highest BCUT2D eigenvalue weighted by atomic mass is 32.1. The lowest BCUT2D eigenvalue weighted by molar-refractivity contribution is -0.147. The Morgan fingerprint density at radius 3 is 1.87 bits per heavy atom. The van der Waals surface area contributed by atoms with Crippen molar-refractivity contribution in [3.8, 4) is 0 Å². The van der Waals surface area contributed by atoms with E-state index in [1.54, 1.807) is 6.92 Å². The Morgan fingerprint density at radius 2 is 1.60 bits per heavy atom. The van der Waals surface area contributed by atoms with E-state index < -0.39 is 11.4 Å². The van der Waals surface area contributed by atoms with Crippen LogP contribution in [0.2, 0.25) is 0 Å². The van der Waals surface area contributed by atoms with E-state index in [4.69, 9.17) is 0 Å². The molecule has 77 valence electrons. The van der Waals surface area contributed by atoms with E-state index in [0.717, 1.165) is 9.75 Å². The molecule has 0 bridgehead atoms. The third-order valence-corrected chi connectivity index (χ3v) is 4.62. The summed E-state index contributed by atoms with van der Waals surface area (Å²) in [5, 5.41) is 15.1. The van der Waals surface area contributed by atoms with Gasteiger partial charge in [-0.2, -0.15) is 0 Å². The average Bonchev–Trinajstić information content (AvgIpc) is 2.89. The number of rotatable bonds is 3. The lowest BCUT2D eigenvalue weighted by Gasteiger charge is -2.20. The first-order chi connectivity index (χ1) is 7.15. The first-order valence-corrected chi connectivity index (χ1v) is 6.21. The Balaban J connectivity index is 2.56. The lowest BCUT2D eigenvalue weighted by Crippen LogP contribution is -2.30. The molecule has 0 aliphatic carbocycles. The smallest absolute Gasteiger partial charge is 0.246 e. The van der Waals surface area contributed by atoms with Crippen LogP contribution in [-0.4, -0.2) is 5.97 Å². The molecule has 0 aliphatic rings. The fraction of sp³-hybridized carbons (Fsp3) is 0.182. The summed E-state index contributed by atoms with van der Waals surface area (Å²) in [6.07, 6.45) is 0. The van der Waals surface area contributed by atoms with Gasteiger partial charge in [0.2, 0.25) is 0 Å². The van der Waals surface area contributed by atoms with Gasteiger partial charge in [-0.3, -0.25) is 0 Å². The van der Waals surface area contributed by atoms with Crippen molar-refractivity contribution < 1.29 is 9.90 Å². The Hall–Kier alpha value is -1.13. The van der Waals surface area contributed by atoms with Crippen molar-refractivity contribution in [2.24, 2.45) is 0 Å². The first kappa shape index (κ1) is 10.4. The summed E-state index contributed by atoms with van der Waals surface area (Å²) in [7, 11) is 0. The molecule has 1 radical (unpaired) electrons. The highest BCUT2D eigenvalue weighted by molar-refractivity contribution is 7.12. The maximum Gasteiger partial charge on any atom is 0.371 e. The van der Waals surface area contributed by atoms with Crippen LogP contribution in [0.15, 0.2) is 35.0 Å². The second-order valence-electron chi connectivity index (χ2n) is 3.37. The average molecular weight is 237 g/mol. The molecule has 4 heteroatoms. The maximum atomic E-state index is 11.3. The fourth-order valence-electron chi connectivity index (χ4n) is 1.45. The molecule has 2 heterocycles. The van der Waals surface area contributed by atoms with Crippen LogP contribution in [0.5, 0.6) is 0 Å². The lowest BCUT2D eigenvalue weighted by atomic mass is 9.87. The Bertz CT molecular complexity index is 409. The summed E-state index contributed by atoms with van der Waals surface area (Å²) in [5.41, 5.74) is -1.01. The van der Waals surface area contributed by atoms with Gasteiger partial charge in [0.1, 0.15) is 5.41 Å². The largest absolute Gasteiger partial charge is 0.371 e. The van der Waals surface area contributed by atoms with E-state index in [0.29, 0.717) is 0 Å². The first-order valence-electron chi connectivity index (χ1n) is 4.45. The molecule has 0 unspecified atom stereocenters. The van der Waals surface area contributed by atoms with E-state index in [9.17, 15) is 9.90 Å². The molecular formula is C11H9O2S2. The second-order valence-corrected chi connectivity index (χ2v) is 5.26. The van der Waals surface area contributed by atoms with Crippen molar-refractivity contribution in [2.45, 2.75) is 12.3 Å². The summed E-state index contributed by atoms with van der Waals surface area (Å²) in [4.78, 5) is 12.9. The molecule has 15 heavy (non-hydrogen) atoms. The van der Waals surface area contributed by atoms with E-state index in [1.807, 2.05) is 35.0 Å². The van der Waals surface area contributed by atoms with Crippen LogP contribution in [0.4, 0.5) is 0 Å². The van der Waals surface area contributed by atoms with Crippen LogP contribution < -0.4 is 0 Å². The predicted octanol–water partition coefficient (Wildman–Crippen LogP) is 3.07. The maximum absolute atomic E-state index is 11.3. The number of carbonyl (C=O) groups is 1. The van der Waals surface area contributed by atoms with E-state index in [-0.39, 0.29) is 0 Å². The zero-order valence-electron chi connectivity index (χ0n) is 8.10. The van der Waals surface area contributed by atoms with E-state index >= 15 is 0 Å². The van der Waals surface area contributed by atoms with Gasteiger partial charge in [-0.05, 0) is 29.8 Å². The van der Waals surface area contributed by atoms with E-state index in [2.05, 4.69) is 0 Å². The number of thiophene rings is 2. The van der Waals surface area contributed by atoms with Crippen LogP contribution >= 0.6 is 22.7 Å². The standard InChI is InChI=1S/C11H9O2S2/c1-11(10(12)13,8-4-2-6-14-8)9-5-3-7-15-9/h2-7H,1H3. The second kappa shape index (κ2) is 3.79. The number of hydrogen-bond donors (Lipinski definition) is 0. The molecule has 2 rings (SSSR count). The molecule has 0 N–H and O–H groups in total. The minimum atomic E-state index is -1.05. The van der Waals surface area contributed by atoms with Crippen molar-refractivity contribution in [3.63, 3.8) is 0 Å². The van der Waals surface area contributed by atoms with Crippen molar-refractivity contribution in [3.05, 3.63) is 44.8 Å². The van der Waals surface area contributed by atoms with Gasteiger partial charge in [0.15, 0.2) is 0 Å². The van der Waals surface area contributed by atoms with Gasteiger partial charge in [0.25, 0.3) is 0 Å². The van der Waals surface area contributed by atoms with Crippen molar-refractivity contribution in [2.75, 3.05) is 0 Å². The quantitative estimate of drug-likeness (QED) is 0.808. The SMILES string of the molecule is CC(C([O])=O)(c1cccs1)c1cccs1. The minimum Gasteiger partial charge on any atom is -0.246 e. The molecule has 0 spiro atoms. The molecule has 0 saturated carbocycles. The van der Waals surface area contributed by atoms with Crippen molar-refractivity contribution >= 4 is 28.6 Å². The van der Waals surface area contributed by atoms with Crippen LogP contribution in [0, 0.1) is 0 Å². The van der Waals surface area contributed by atoms with Crippen LogP contribution in [0.25, 0.3) is 0 Å². The van der Waals surface area contributed by atoms with Crippen LogP contribution in [-0.2, 0) is 15.3 Å². The third kappa shape index (κ3) is 1.60. The molecule has 0 amide bonds. The topological polar surface area (TPSA) is 37.0 Å². The summed E-state index contributed by atoms with van der Waals surface area (Å²) in [6.45, 7) is 1.69. The van der Waals surface area contributed by atoms with Gasteiger partial charge in [-0.25, -0.2) is 9.90 Å². The predicted molar refractivity (Wildman–Crippen MR) is 60.8 cm³/mol. The zero-order chi connectivity index (χ0) is 10.9. The van der Waals surface area contributed by atoms with Crippen molar-refractivity contribution in [1.29, 1.82) is 0 Å². The molecule has 0 aliphatic heterocycles. The Labute approximate surface area is 95.8 Å². The highest BCUT2D eigenvalue weighted by Crippen LogP contribution is 2.37.